The van der Waals surface area contributed by atoms with Gasteiger partial charge in [-0.25, -0.2) is 4.98 Å². The van der Waals surface area contributed by atoms with Crippen LogP contribution in [0.25, 0.3) is 5.78 Å². The quantitative estimate of drug-likeness (QED) is 0.697. The Morgan fingerprint density at radius 1 is 1.25 bits per heavy atom. The smallest absolute Gasteiger partial charge is 0.254 e. The van der Waals surface area contributed by atoms with Crippen LogP contribution < -0.4 is 4.90 Å². The first-order valence-electron chi connectivity index (χ1n) is 8.17. The first-order chi connectivity index (χ1) is 11.7. The number of benzene rings is 1. The van der Waals surface area contributed by atoms with Crippen LogP contribution in [0.15, 0.2) is 42.7 Å². The van der Waals surface area contributed by atoms with Crippen molar-refractivity contribution < 1.29 is 4.74 Å². The van der Waals surface area contributed by atoms with E-state index in [0.717, 1.165) is 18.1 Å². The summed E-state index contributed by atoms with van der Waals surface area (Å²) in [6.45, 7) is 1.41. The molecule has 1 fully saturated rings. The van der Waals surface area contributed by atoms with Gasteiger partial charge in [0.25, 0.3) is 5.78 Å². The maximum atomic E-state index is 5.23. The molecule has 124 valence electrons. The third-order valence-corrected chi connectivity index (χ3v) is 4.75. The number of hydrogen-bond donors (Lipinski definition) is 0. The molecule has 0 N–H and O–H groups in total. The topological polar surface area (TPSA) is 55.6 Å². The van der Waals surface area contributed by atoms with Gasteiger partial charge >= 0.3 is 0 Å². The van der Waals surface area contributed by atoms with Crippen molar-refractivity contribution in [1.82, 2.24) is 19.6 Å². The van der Waals surface area contributed by atoms with Crippen molar-refractivity contribution in [3.8, 4) is 0 Å². The highest BCUT2D eigenvalue weighted by atomic mass is 16.5. The highest BCUT2D eigenvalue weighted by Crippen LogP contribution is 2.48. The Kier molecular flexibility index (Phi) is 3.69. The number of hydrogen-bond acceptors (Lipinski definition) is 5. The van der Waals surface area contributed by atoms with E-state index in [4.69, 9.17) is 4.74 Å². The Labute approximate surface area is 141 Å². The average molecular weight is 323 g/mol. The standard InChI is InChI=1S/C18H21N5O/c1-22(12-18(8-9-18)14-6-4-3-5-7-14)16-10-15(11-24-2)21-17-19-13-20-23(16)17/h3-7,10,13H,8-9,11-12H2,1-2H3. The third-order valence-electron chi connectivity index (χ3n) is 4.75. The van der Waals surface area contributed by atoms with Gasteiger partial charge in [-0.1, -0.05) is 30.3 Å². The molecule has 3 aromatic rings. The Hall–Kier alpha value is -2.47. The minimum atomic E-state index is 0.244. The van der Waals surface area contributed by atoms with E-state index >= 15 is 0 Å². The molecule has 0 spiro atoms. The minimum Gasteiger partial charge on any atom is -0.378 e. The van der Waals surface area contributed by atoms with E-state index in [-0.39, 0.29) is 5.41 Å². The molecule has 0 radical (unpaired) electrons. The van der Waals surface area contributed by atoms with Gasteiger partial charge in [0.2, 0.25) is 0 Å². The second kappa shape index (κ2) is 5.87. The summed E-state index contributed by atoms with van der Waals surface area (Å²) < 4.78 is 7.02. The summed E-state index contributed by atoms with van der Waals surface area (Å²) in [5.41, 5.74) is 2.52. The average Bonchev–Trinajstić information content (AvgIpc) is 3.23. The van der Waals surface area contributed by atoms with Crippen LogP contribution in [0.1, 0.15) is 24.1 Å². The lowest BCUT2D eigenvalue weighted by Gasteiger charge is -2.26. The van der Waals surface area contributed by atoms with E-state index in [1.54, 1.807) is 18.0 Å². The van der Waals surface area contributed by atoms with E-state index < -0.39 is 0 Å². The number of aromatic nitrogens is 4. The molecule has 0 amide bonds. The Bertz CT molecular complexity index is 841. The zero-order chi connectivity index (χ0) is 16.6. The number of fused-ring (bicyclic) bond motifs is 1. The second-order valence-electron chi connectivity index (χ2n) is 6.51. The zero-order valence-corrected chi connectivity index (χ0v) is 14.0. The molecule has 1 aliphatic carbocycles. The largest absolute Gasteiger partial charge is 0.378 e. The summed E-state index contributed by atoms with van der Waals surface area (Å²) in [6, 6.07) is 12.8. The highest BCUT2D eigenvalue weighted by Gasteiger charge is 2.45. The van der Waals surface area contributed by atoms with E-state index in [2.05, 4.69) is 57.3 Å². The molecule has 1 aromatic carbocycles. The zero-order valence-electron chi connectivity index (χ0n) is 14.0. The number of rotatable bonds is 6. The molecule has 24 heavy (non-hydrogen) atoms. The molecule has 1 aliphatic rings. The molecular weight excluding hydrogens is 302 g/mol. The maximum Gasteiger partial charge on any atom is 0.254 e. The van der Waals surface area contributed by atoms with E-state index in [1.165, 1.54) is 18.4 Å². The Balaban J connectivity index is 1.66. The van der Waals surface area contributed by atoms with Crippen molar-refractivity contribution in [3.63, 3.8) is 0 Å². The summed E-state index contributed by atoms with van der Waals surface area (Å²) in [6.07, 6.45) is 3.98. The summed E-state index contributed by atoms with van der Waals surface area (Å²) in [4.78, 5) is 11.0. The van der Waals surface area contributed by atoms with Gasteiger partial charge in [0.1, 0.15) is 12.1 Å². The van der Waals surface area contributed by atoms with Crippen molar-refractivity contribution in [3.05, 3.63) is 54.0 Å². The van der Waals surface area contributed by atoms with Crippen LogP contribution in [-0.4, -0.2) is 40.3 Å². The highest BCUT2D eigenvalue weighted by molar-refractivity contribution is 5.48. The van der Waals surface area contributed by atoms with Crippen LogP contribution in [0.5, 0.6) is 0 Å². The first kappa shape index (κ1) is 15.1. The lowest BCUT2D eigenvalue weighted by Crippen LogP contribution is -2.31. The normalized spacial score (nSPS) is 15.6. The van der Waals surface area contributed by atoms with Gasteiger partial charge in [0.05, 0.1) is 12.3 Å². The molecule has 2 aromatic heterocycles. The molecule has 0 unspecified atom stereocenters. The predicted octanol–water partition coefficient (Wildman–Crippen LogP) is 2.44. The molecule has 0 aliphatic heterocycles. The lowest BCUT2D eigenvalue weighted by atomic mass is 9.95. The second-order valence-corrected chi connectivity index (χ2v) is 6.51. The molecule has 4 rings (SSSR count). The van der Waals surface area contributed by atoms with Gasteiger partial charge in [0, 0.05) is 32.2 Å². The Morgan fingerprint density at radius 3 is 2.75 bits per heavy atom. The lowest BCUT2D eigenvalue weighted by molar-refractivity contribution is 0.181. The minimum absolute atomic E-state index is 0.244. The summed E-state index contributed by atoms with van der Waals surface area (Å²) >= 11 is 0. The number of nitrogens with zero attached hydrogens (tertiary/aromatic N) is 5. The van der Waals surface area contributed by atoms with E-state index in [0.29, 0.717) is 12.4 Å². The summed E-state index contributed by atoms with van der Waals surface area (Å²) in [5, 5.41) is 4.32. The first-order valence-corrected chi connectivity index (χ1v) is 8.17. The van der Waals surface area contributed by atoms with Gasteiger partial charge in [-0.15, -0.1) is 0 Å². The number of likely N-dealkylation sites (N-methyl/N-ethyl adjacent to an activating group) is 1. The molecule has 2 heterocycles. The number of ether oxygens (including phenoxy) is 1. The molecule has 0 saturated heterocycles. The molecule has 6 heteroatoms. The maximum absolute atomic E-state index is 5.23. The van der Waals surface area contributed by atoms with Crippen molar-refractivity contribution in [2.45, 2.75) is 24.9 Å². The fourth-order valence-electron chi connectivity index (χ4n) is 3.35. The van der Waals surface area contributed by atoms with Gasteiger partial charge in [-0.3, -0.25) is 0 Å². The van der Waals surface area contributed by atoms with Crippen molar-refractivity contribution in [2.75, 3.05) is 25.6 Å². The van der Waals surface area contributed by atoms with Crippen LogP contribution in [0.3, 0.4) is 0 Å². The van der Waals surface area contributed by atoms with E-state index in [1.807, 2.05) is 6.07 Å². The predicted molar refractivity (Wildman–Crippen MR) is 92.1 cm³/mol. The number of methoxy groups -OCH3 is 1. The summed E-state index contributed by atoms with van der Waals surface area (Å²) in [7, 11) is 3.78. The summed E-state index contributed by atoms with van der Waals surface area (Å²) in [5.74, 6) is 1.60. The number of anilines is 1. The fourth-order valence-corrected chi connectivity index (χ4v) is 3.35. The molecule has 0 atom stereocenters. The Morgan fingerprint density at radius 2 is 2.04 bits per heavy atom. The van der Waals surface area contributed by atoms with Crippen LogP contribution >= 0.6 is 0 Å². The van der Waals surface area contributed by atoms with Crippen LogP contribution in [0.4, 0.5) is 5.82 Å². The van der Waals surface area contributed by atoms with Crippen LogP contribution in [0, 0.1) is 0 Å². The van der Waals surface area contributed by atoms with Gasteiger partial charge in [0.15, 0.2) is 0 Å². The van der Waals surface area contributed by atoms with Crippen LogP contribution in [0.2, 0.25) is 0 Å². The van der Waals surface area contributed by atoms with Crippen molar-refractivity contribution in [2.24, 2.45) is 0 Å². The molecule has 0 bridgehead atoms. The van der Waals surface area contributed by atoms with Gasteiger partial charge in [-0.2, -0.15) is 14.6 Å². The van der Waals surface area contributed by atoms with E-state index in [9.17, 15) is 0 Å². The molecule has 1 saturated carbocycles. The monoisotopic (exact) mass is 323 g/mol. The SMILES string of the molecule is COCc1cc(N(C)CC2(c3ccccc3)CC2)n2ncnc2n1. The van der Waals surface area contributed by atoms with Crippen molar-refractivity contribution >= 4 is 11.6 Å². The van der Waals surface area contributed by atoms with Crippen molar-refractivity contribution in [1.29, 1.82) is 0 Å². The third kappa shape index (κ3) is 2.63. The van der Waals surface area contributed by atoms with Gasteiger partial charge < -0.3 is 9.64 Å². The molecular formula is C18H21N5O. The van der Waals surface area contributed by atoms with Gasteiger partial charge in [-0.05, 0) is 18.4 Å². The molecule has 6 nitrogen and oxygen atoms in total. The van der Waals surface area contributed by atoms with Crippen LogP contribution in [-0.2, 0) is 16.8 Å². The fraction of sp³-hybridized carbons (Fsp3) is 0.389.